The molecule has 0 unspecified atom stereocenters. The van der Waals surface area contributed by atoms with Crippen LogP contribution in [0, 0.1) is 0 Å². The van der Waals surface area contributed by atoms with Crippen molar-refractivity contribution in [2.24, 2.45) is 5.73 Å². The number of unbranched alkanes of at least 4 members (excludes halogenated alkanes) is 11. The molecule has 18 heavy (non-hydrogen) atoms. The Balaban J connectivity index is 2.94. The van der Waals surface area contributed by atoms with Crippen molar-refractivity contribution >= 4 is 0 Å². The molecule has 110 valence electrons. The van der Waals surface area contributed by atoms with Crippen molar-refractivity contribution in [3.05, 3.63) is 0 Å². The van der Waals surface area contributed by atoms with E-state index in [1.807, 2.05) is 0 Å². The zero-order valence-corrected chi connectivity index (χ0v) is 12.5. The number of aliphatic hydroxyl groups excluding tert-OH is 1. The lowest BCUT2D eigenvalue weighted by Crippen LogP contribution is -2.23. The summed E-state index contributed by atoms with van der Waals surface area (Å²) in [4.78, 5) is 0. The fourth-order valence-corrected chi connectivity index (χ4v) is 2.34. The second-order valence-electron chi connectivity index (χ2n) is 5.62. The maximum atomic E-state index is 8.79. The number of hydrogen-bond acceptors (Lipinski definition) is 2. The monoisotopic (exact) mass is 257 g/mol. The van der Waals surface area contributed by atoms with Crippen LogP contribution in [0.1, 0.15) is 90.4 Å². The van der Waals surface area contributed by atoms with Gasteiger partial charge in [0.05, 0.1) is 6.61 Å². The first-order chi connectivity index (χ1) is 8.81. The van der Waals surface area contributed by atoms with Crippen LogP contribution in [0.25, 0.3) is 0 Å². The molecular formula is C16H35NO. The Labute approximate surface area is 114 Å². The maximum Gasteiger partial charge on any atom is 0.0582 e. The molecule has 2 nitrogen and oxygen atoms in total. The van der Waals surface area contributed by atoms with Crippen LogP contribution in [0.4, 0.5) is 0 Å². The van der Waals surface area contributed by atoms with Crippen LogP contribution >= 0.6 is 0 Å². The van der Waals surface area contributed by atoms with Crippen LogP contribution in [0.15, 0.2) is 0 Å². The molecule has 0 aromatic carbocycles. The highest BCUT2D eigenvalue weighted by Gasteiger charge is 1.99. The average molecular weight is 257 g/mol. The molecule has 0 saturated carbocycles. The van der Waals surface area contributed by atoms with E-state index in [4.69, 9.17) is 10.8 Å². The van der Waals surface area contributed by atoms with Crippen LogP contribution in [-0.4, -0.2) is 17.8 Å². The Morgan fingerprint density at radius 1 is 0.722 bits per heavy atom. The lowest BCUT2D eigenvalue weighted by molar-refractivity contribution is 0.257. The van der Waals surface area contributed by atoms with E-state index in [1.165, 1.54) is 77.0 Å². The first kappa shape index (κ1) is 17.9. The highest BCUT2D eigenvalue weighted by Crippen LogP contribution is 2.12. The van der Waals surface area contributed by atoms with Gasteiger partial charge in [-0.1, -0.05) is 84.0 Å². The number of rotatable bonds is 14. The van der Waals surface area contributed by atoms with Gasteiger partial charge in [-0.25, -0.2) is 0 Å². The minimum Gasteiger partial charge on any atom is -0.395 e. The van der Waals surface area contributed by atoms with Crippen molar-refractivity contribution < 1.29 is 5.11 Å². The summed E-state index contributed by atoms with van der Waals surface area (Å²) in [6, 6.07) is 0.00752. The average Bonchev–Trinajstić information content (AvgIpc) is 2.39. The van der Waals surface area contributed by atoms with E-state index < -0.39 is 0 Å². The van der Waals surface area contributed by atoms with Crippen LogP contribution in [0.3, 0.4) is 0 Å². The standard InChI is InChI=1S/C16H35NO/c1-2-3-4-5-6-7-8-9-10-11-12-13-14-16(17)15-18/h16,18H,2-15,17H2,1H3/t16-/m0/s1. The fourth-order valence-electron chi connectivity index (χ4n) is 2.34. The summed E-state index contributed by atoms with van der Waals surface area (Å²) in [5.41, 5.74) is 5.65. The van der Waals surface area contributed by atoms with E-state index in [0.717, 1.165) is 6.42 Å². The van der Waals surface area contributed by atoms with E-state index in [-0.39, 0.29) is 12.6 Å². The third kappa shape index (κ3) is 14.0. The lowest BCUT2D eigenvalue weighted by Gasteiger charge is -2.07. The Hall–Kier alpha value is -0.0800. The molecule has 0 aliphatic rings. The summed E-state index contributed by atoms with van der Waals surface area (Å²) < 4.78 is 0. The zero-order chi connectivity index (χ0) is 13.5. The van der Waals surface area contributed by atoms with E-state index in [2.05, 4.69) is 6.92 Å². The van der Waals surface area contributed by atoms with Crippen molar-refractivity contribution in [3.63, 3.8) is 0 Å². The minimum atomic E-state index is 0.00752. The van der Waals surface area contributed by atoms with Crippen molar-refractivity contribution in [1.82, 2.24) is 0 Å². The zero-order valence-electron chi connectivity index (χ0n) is 12.5. The van der Waals surface area contributed by atoms with Gasteiger partial charge in [0.2, 0.25) is 0 Å². The molecule has 0 aliphatic heterocycles. The largest absolute Gasteiger partial charge is 0.395 e. The second kappa shape index (κ2) is 15.0. The molecule has 0 saturated heterocycles. The predicted molar refractivity (Wildman–Crippen MR) is 80.8 cm³/mol. The van der Waals surface area contributed by atoms with Crippen LogP contribution in [-0.2, 0) is 0 Å². The van der Waals surface area contributed by atoms with Gasteiger partial charge in [0.15, 0.2) is 0 Å². The summed E-state index contributed by atoms with van der Waals surface area (Å²) in [6.07, 6.45) is 17.5. The smallest absolute Gasteiger partial charge is 0.0582 e. The molecule has 0 aliphatic carbocycles. The van der Waals surface area contributed by atoms with Gasteiger partial charge in [-0.2, -0.15) is 0 Å². The van der Waals surface area contributed by atoms with Crippen LogP contribution < -0.4 is 5.73 Å². The van der Waals surface area contributed by atoms with Gasteiger partial charge in [0, 0.05) is 6.04 Å². The quantitative estimate of drug-likeness (QED) is 0.453. The van der Waals surface area contributed by atoms with E-state index >= 15 is 0 Å². The Kier molecular flexibility index (Phi) is 14.9. The molecule has 3 N–H and O–H groups in total. The topological polar surface area (TPSA) is 46.2 Å². The third-order valence-electron chi connectivity index (χ3n) is 3.66. The van der Waals surface area contributed by atoms with Gasteiger partial charge in [-0.3, -0.25) is 0 Å². The van der Waals surface area contributed by atoms with Crippen molar-refractivity contribution in [2.45, 2.75) is 96.4 Å². The van der Waals surface area contributed by atoms with Gasteiger partial charge in [-0.15, -0.1) is 0 Å². The second-order valence-corrected chi connectivity index (χ2v) is 5.62. The molecule has 0 rings (SSSR count). The van der Waals surface area contributed by atoms with Gasteiger partial charge >= 0.3 is 0 Å². The number of aliphatic hydroxyl groups is 1. The molecule has 0 heterocycles. The third-order valence-corrected chi connectivity index (χ3v) is 3.66. The molecule has 0 spiro atoms. The molecule has 0 amide bonds. The van der Waals surface area contributed by atoms with E-state index in [0.29, 0.717) is 0 Å². The molecule has 0 aromatic rings. The van der Waals surface area contributed by atoms with Crippen LogP contribution in [0.5, 0.6) is 0 Å². The minimum absolute atomic E-state index is 0.00752. The molecule has 0 aromatic heterocycles. The first-order valence-corrected chi connectivity index (χ1v) is 8.17. The highest BCUT2D eigenvalue weighted by molar-refractivity contribution is 4.58. The Bertz CT molecular complexity index is 150. The van der Waals surface area contributed by atoms with Crippen molar-refractivity contribution in [1.29, 1.82) is 0 Å². The first-order valence-electron chi connectivity index (χ1n) is 8.17. The highest BCUT2D eigenvalue weighted by atomic mass is 16.3. The van der Waals surface area contributed by atoms with Crippen LogP contribution in [0.2, 0.25) is 0 Å². The molecule has 2 heteroatoms. The van der Waals surface area contributed by atoms with E-state index in [1.54, 1.807) is 0 Å². The van der Waals surface area contributed by atoms with Gasteiger partial charge in [0.1, 0.15) is 0 Å². The van der Waals surface area contributed by atoms with E-state index in [9.17, 15) is 0 Å². The molecule has 0 bridgehead atoms. The SMILES string of the molecule is CCCCCCCCCCCCCC[C@H](N)CO. The maximum absolute atomic E-state index is 8.79. The number of hydrogen-bond donors (Lipinski definition) is 2. The molecule has 1 atom stereocenters. The van der Waals surface area contributed by atoms with Gasteiger partial charge in [-0.05, 0) is 6.42 Å². The summed E-state index contributed by atoms with van der Waals surface area (Å²) in [6.45, 7) is 2.41. The summed E-state index contributed by atoms with van der Waals surface area (Å²) in [7, 11) is 0. The molecule has 0 fully saturated rings. The van der Waals surface area contributed by atoms with Gasteiger partial charge < -0.3 is 10.8 Å². The fraction of sp³-hybridized carbons (Fsp3) is 1.00. The molecular weight excluding hydrogens is 222 g/mol. The summed E-state index contributed by atoms with van der Waals surface area (Å²) in [5, 5.41) is 8.79. The van der Waals surface area contributed by atoms with Crippen molar-refractivity contribution in [2.75, 3.05) is 6.61 Å². The Morgan fingerprint density at radius 3 is 1.50 bits per heavy atom. The Morgan fingerprint density at radius 2 is 1.11 bits per heavy atom. The summed E-state index contributed by atoms with van der Waals surface area (Å²) in [5.74, 6) is 0. The lowest BCUT2D eigenvalue weighted by atomic mass is 10.0. The van der Waals surface area contributed by atoms with Gasteiger partial charge in [0.25, 0.3) is 0 Å². The summed E-state index contributed by atoms with van der Waals surface area (Å²) >= 11 is 0. The number of nitrogens with two attached hydrogens (primary N) is 1. The van der Waals surface area contributed by atoms with Crippen molar-refractivity contribution in [3.8, 4) is 0 Å². The predicted octanol–water partition coefficient (Wildman–Crippen LogP) is 4.40. The normalized spacial score (nSPS) is 12.8. The molecule has 0 radical (unpaired) electrons.